The van der Waals surface area contributed by atoms with Crippen molar-refractivity contribution in [2.24, 2.45) is 0 Å². The normalized spacial score (nSPS) is 11.1. The lowest BCUT2D eigenvalue weighted by atomic mass is 10.0. The van der Waals surface area contributed by atoms with E-state index in [1.54, 1.807) is 6.07 Å². The van der Waals surface area contributed by atoms with Crippen LogP contribution in [0.25, 0.3) is 0 Å². The lowest BCUT2D eigenvalue weighted by Crippen LogP contribution is -2.03. The maximum absolute atomic E-state index is 11.2. The second-order valence-electron chi connectivity index (χ2n) is 6.28. The fraction of sp³-hybridized carbons (Fsp3) is 0.375. The van der Waals surface area contributed by atoms with Gasteiger partial charge >= 0.3 is 5.97 Å². The number of ether oxygens (including phenoxy) is 1. The van der Waals surface area contributed by atoms with Crippen molar-refractivity contribution in [3.8, 4) is 5.75 Å². The molecule has 2 nitrogen and oxygen atoms in total. The molecule has 0 unspecified atom stereocenters. The molecule has 1 rings (SSSR count). The summed E-state index contributed by atoms with van der Waals surface area (Å²) in [4.78, 5) is 11.2. The van der Waals surface area contributed by atoms with Crippen molar-refractivity contribution in [1.82, 2.24) is 0 Å². The number of carbonyl (C=O) groups is 1. The Bertz CT molecular complexity index is 596. The molecule has 0 amide bonds. The summed E-state index contributed by atoms with van der Waals surface area (Å²) < 4.78 is 5.15. The molecule has 0 aliphatic carbocycles. The van der Waals surface area contributed by atoms with Gasteiger partial charge < -0.3 is 4.74 Å². The molecular formula is C24H32O2. The van der Waals surface area contributed by atoms with Gasteiger partial charge in [-0.15, -0.1) is 6.58 Å². The highest BCUT2D eigenvalue weighted by molar-refractivity contribution is 5.83. The molecule has 0 bridgehead atoms. The Labute approximate surface area is 159 Å². The molecule has 0 N–H and O–H groups in total. The van der Waals surface area contributed by atoms with E-state index in [2.05, 4.69) is 43.5 Å². The third kappa shape index (κ3) is 11.2. The van der Waals surface area contributed by atoms with E-state index >= 15 is 0 Å². The van der Waals surface area contributed by atoms with Gasteiger partial charge in [-0.2, -0.15) is 0 Å². The Hall–Kier alpha value is -2.35. The Kier molecular flexibility index (Phi) is 12.5. The van der Waals surface area contributed by atoms with Gasteiger partial charge in [-0.1, -0.05) is 68.4 Å². The van der Waals surface area contributed by atoms with Crippen LogP contribution in [-0.4, -0.2) is 5.97 Å². The van der Waals surface area contributed by atoms with Gasteiger partial charge in [0, 0.05) is 6.08 Å². The topological polar surface area (TPSA) is 26.3 Å². The van der Waals surface area contributed by atoms with Crippen LogP contribution < -0.4 is 4.74 Å². The molecule has 0 aliphatic rings. The zero-order valence-electron chi connectivity index (χ0n) is 15.9. The van der Waals surface area contributed by atoms with Gasteiger partial charge in [0.1, 0.15) is 5.75 Å². The number of hydrogen-bond acceptors (Lipinski definition) is 2. The average Bonchev–Trinajstić information content (AvgIpc) is 2.65. The molecule has 0 saturated heterocycles. The van der Waals surface area contributed by atoms with Gasteiger partial charge in [0.25, 0.3) is 0 Å². The van der Waals surface area contributed by atoms with E-state index < -0.39 is 5.97 Å². The molecule has 0 atom stereocenters. The monoisotopic (exact) mass is 352 g/mol. The van der Waals surface area contributed by atoms with E-state index in [1.165, 1.54) is 50.2 Å². The first kappa shape index (κ1) is 21.7. The Balaban J connectivity index is 2.06. The van der Waals surface area contributed by atoms with Crippen LogP contribution in [0.2, 0.25) is 0 Å². The second kappa shape index (κ2) is 14.9. The fourth-order valence-electron chi connectivity index (χ4n) is 2.63. The van der Waals surface area contributed by atoms with Crippen LogP contribution in [0.1, 0.15) is 56.9 Å². The summed E-state index contributed by atoms with van der Waals surface area (Å²) in [6.45, 7) is 7.10. The largest absolute Gasteiger partial charge is 0.423 e. The maximum Gasteiger partial charge on any atom is 0.335 e. The minimum absolute atomic E-state index is 0.413. The summed E-state index contributed by atoms with van der Waals surface area (Å²) in [5, 5.41) is 0. The van der Waals surface area contributed by atoms with E-state index in [4.69, 9.17) is 4.74 Å². The van der Waals surface area contributed by atoms with Crippen LogP contribution in [0.3, 0.4) is 0 Å². The maximum atomic E-state index is 11.2. The third-order valence-electron chi connectivity index (χ3n) is 4.03. The summed E-state index contributed by atoms with van der Waals surface area (Å²) in [5.74, 6) is 0.183. The Morgan fingerprint density at radius 3 is 2.46 bits per heavy atom. The van der Waals surface area contributed by atoms with Crippen LogP contribution in [0.5, 0.6) is 5.75 Å². The zero-order valence-corrected chi connectivity index (χ0v) is 15.9. The van der Waals surface area contributed by atoms with Crippen molar-refractivity contribution in [1.29, 1.82) is 0 Å². The fourth-order valence-corrected chi connectivity index (χ4v) is 2.63. The minimum Gasteiger partial charge on any atom is -0.423 e. The first-order chi connectivity index (χ1) is 12.8. The lowest BCUT2D eigenvalue weighted by Gasteiger charge is -2.05. The highest BCUT2D eigenvalue weighted by atomic mass is 16.5. The number of carbonyl (C=O) groups excluding carboxylic acids is 1. The number of allylic oxidation sites excluding steroid dienone is 5. The highest BCUT2D eigenvalue weighted by Crippen LogP contribution is 2.16. The van der Waals surface area contributed by atoms with E-state index in [0.717, 1.165) is 19.3 Å². The van der Waals surface area contributed by atoms with Gasteiger partial charge in [0.2, 0.25) is 0 Å². The molecule has 0 heterocycles. The summed E-state index contributed by atoms with van der Waals surface area (Å²) >= 11 is 0. The van der Waals surface area contributed by atoms with E-state index in [0.29, 0.717) is 5.75 Å². The van der Waals surface area contributed by atoms with E-state index in [-0.39, 0.29) is 0 Å². The SMILES string of the molecule is C=CC/C=C\C/C=C\CCCCCCCc1cccc(OC(=O)C=C)c1. The van der Waals surface area contributed by atoms with Crippen LogP contribution in [-0.2, 0) is 11.2 Å². The zero-order chi connectivity index (χ0) is 18.9. The van der Waals surface area contributed by atoms with Gasteiger partial charge in [-0.25, -0.2) is 4.79 Å². The molecule has 1 aromatic rings. The Morgan fingerprint density at radius 1 is 0.923 bits per heavy atom. The predicted octanol–water partition coefficient (Wildman–Crippen LogP) is 6.74. The van der Waals surface area contributed by atoms with Crippen molar-refractivity contribution in [3.63, 3.8) is 0 Å². The molecule has 140 valence electrons. The van der Waals surface area contributed by atoms with Crippen molar-refractivity contribution < 1.29 is 9.53 Å². The van der Waals surface area contributed by atoms with Crippen LogP contribution in [0.4, 0.5) is 0 Å². The number of unbranched alkanes of at least 4 members (excludes halogenated alkanes) is 5. The van der Waals surface area contributed by atoms with Crippen LogP contribution >= 0.6 is 0 Å². The second-order valence-corrected chi connectivity index (χ2v) is 6.28. The Morgan fingerprint density at radius 2 is 1.65 bits per heavy atom. The molecule has 0 radical (unpaired) electrons. The van der Waals surface area contributed by atoms with E-state index in [9.17, 15) is 4.79 Å². The van der Waals surface area contributed by atoms with Gasteiger partial charge in [0.05, 0.1) is 0 Å². The smallest absolute Gasteiger partial charge is 0.335 e. The predicted molar refractivity (Wildman–Crippen MR) is 111 cm³/mol. The van der Waals surface area contributed by atoms with Crippen LogP contribution in [0, 0.1) is 0 Å². The van der Waals surface area contributed by atoms with Gasteiger partial charge in [0.15, 0.2) is 0 Å². The summed E-state index contributed by atoms with van der Waals surface area (Å²) in [6.07, 6.45) is 22.4. The first-order valence-electron chi connectivity index (χ1n) is 9.60. The molecule has 2 heteroatoms. The van der Waals surface area contributed by atoms with Crippen molar-refractivity contribution in [2.75, 3.05) is 0 Å². The van der Waals surface area contributed by atoms with Gasteiger partial charge in [-0.05, 0) is 56.2 Å². The van der Waals surface area contributed by atoms with Crippen LogP contribution in [0.15, 0.2) is 73.9 Å². The number of rotatable bonds is 14. The highest BCUT2D eigenvalue weighted by Gasteiger charge is 2.01. The van der Waals surface area contributed by atoms with Gasteiger partial charge in [-0.3, -0.25) is 0 Å². The molecule has 0 aliphatic heterocycles. The number of hydrogen-bond donors (Lipinski definition) is 0. The quantitative estimate of drug-likeness (QED) is 0.122. The standard InChI is InChI=1S/C24H32O2/c1-3-5-6-7-8-9-10-11-12-13-14-15-16-18-22-19-17-20-23(21-22)26-24(25)4-2/h3-4,6-7,9-10,17,19-21H,1-2,5,8,11-16,18H2/b7-6-,10-9-. The molecule has 0 fully saturated rings. The summed E-state index contributed by atoms with van der Waals surface area (Å²) in [6, 6.07) is 7.75. The molecule has 0 aromatic heterocycles. The molecular weight excluding hydrogens is 320 g/mol. The number of esters is 1. The molecule has 0 spiro atoms. The molecule has 26 heavy (non-hydrogen) atoms. The average molecular weight is 353 g/mol. The van der Waals surface area contributed by atoms with Crippen molar-refractivity contribution >= 4 is 5.97 Å². The first-order valence-corrected chi connectivity index (χ1v) is 9.60. The minimum atomic E-state index is -0.413. The van der Waals surface area contributed by atoms with E-state index in [1.807, 2.05) is 18.2 Å². The van der Waals surface area contributed by atoms with Crippen molar-refractivity contribution in [3.05, 3.63) is 79.4 Å². The lowest BCUT2D eigenvalue weighted by molar-refractivity contribution is -0.128. The number of benzene rings is 1. The summed E-state index contributed by atoms with van der Waals surface area (Å²) in [7, 11) is 0. The summed E-state index contributed by atoms with van der Waals surface area (Å²) in [5.41, 5.74) is 1.21. The third-order valence-corrected chi connectivity index (χ3v) is 4.03. The molecule has 1 aromatic carbocycles. The molecule has 0 saturated carbocycles. The number of aryl methyl sites for hydroxylation is 1. The van der Waals surface area contributed by atoms with Crippen molar-refractivity contribution in [2.45, 2.75) is 57.8 Å².